The summed E-state index contributed by atoms with van der Waals surface area (Å²) in [4.78, 5) is 11.6. The van der Waals surface area contributed by atoms with Gasteiger partial charge in [-0.15, -0.1) is 10.2 Å². The lowest BCUT2D eigenvalue weighted by Crippen LogP contribution is -2.13. The lowest BCUT2D eigenvalue weighted by Gasteiger charge is -2.05. The van der Waals surface area contributed by atoms with Gasteiger partial charge in [-0.05, 0) is 38.4 Å². The normalized spacial score (nSPS) is 10.5. The fourth-order valence-corrected chi connectivity index (χ4v) is 2.70. The van der Waals surface area contributed by atoms with Crippen molar-refractivity contribution in [3.63, 3.8) is 0 Å². The molecular weight excluding hydrogens is 312 g/mol. The Hall–Kier alpha value is -1.99. The van der Waals surface area contributed by atoms with Crippen molar-refractivity contribution in [2.75, 3.05) is 18.5 Å². The Balaban J connectivity index is 1.68. The molecule has 0 aliphatic carbocycles. The number of nitrogens with one attached hydrogen (secondary N) is 1. The molecule has 2 aromatic rings. The van der Waals surface area contributed by atoms with Gasteiger partial charge in [-0.25, -0.2) is 0 Å². The molecule has 6 nitrogen and oxygen atoms in total. The highest BCUT2D eigenvalue weighted by molar-refractivity contribution is 7.15. The number of ether oxygens (including phenoxy) is 1. The van der Waals surface area contributed by atoms with Crippen LogP contribution in [-0.2, 0) is 11.2 Å². The number of carbonyl (C=O) groups excluding carboxylic acids is 1. The SMILES string of the molecule is Cc1ccc(OCCCc2nnc(NC(=O)CCCN)s2)cc1. The second kappa shape index (κ2) is 9.22. The lowest BCUT2D eigenvalue weighted by atomic mass is 10.2. The van der Waals surface area contributed by atoms with Crippen molar-refractivity contribution in [3.05, 3.63) is 34.8 Å². The van der Waals surface area contributed by atoms with Crippen LogP contribution >= 0.6 is 11.3 Å². The van der Waals surface area contributed by atoms with Gasteiger partial charge in [-0.3, -0.25) is 4.79 Å². The van der Waals surface area contributed by atoms with Crippen molar-refractivity contribution in [2.45, 2.75) is 32.6 Å². The monoisotopic (exact) mass is 334 g/mol. The van der Waals surface area contributed by atoms with Crippen LogP contribution in [0.25, 0.3) is 0 Å². The van der Waals surface area contributed by atoms with E-state index < -0.39 is 0 Å². The van der Waals surface area contributed by atoms with Crippen molar-refractivity contribution >= 4 is 22.4 Å². The average molecular weight is 334 g/mol. The van der Waals surface area contributed by atoms with Gasteiger partial charge in [0.2, 0.25) is 11.0 Å². The third-order valence-corrected chi connectivity index (χ3v) is 4.04. The summed E-state index contributed by atoms with van der Waals surface area (Å²) in [6.45, 7) is 3.18. The third-order valence-electron chi connectivity index (χ3n) is 3.15. The molecule has 2 rings (SSSR count). The molecule has 1 amide bonds. The van der Waals surface area contributed by atoms with Crippen LogP contribution in [0.2, 0.25) is 0 Å². The topological polar surface area (TPSA) is 90.1 Å². The van der Waals surface area contributed by atoms with Crippen molar-refractivity contribution in [1.82, 2.24) is 10.2 Å². The second-order valence-corrected chi connectivity index (χ2v) is 6.27. The van der Waals surface area contributed by atoms with E-state index in [-0.39, 0.29) is 5.91 Å². The zero-order chi connectivity index (χ0) is 16.5. The molecule has 3 N–H and O–H groups in total. The molecule has 0 aliphatic rings. The molecule has 0 radical (unpaired) electrons. The molecule has 0 fully saturated rings. The Morgan fingerprint density at radius 2 is 2.04 bits per heavy atom. The minimum atomic E-state index is -0.0687. The molecule has 0 unspecified atom stereocenters. The van der Waals surface area contributed by atoms with Crippen molar-refractivity contribution in [2.24, 2.45) is 5.73 Å². The number of carbonyl (C=O) groups is 1. The van der Waals surface area contributed by atoms with Gasteiger partial charge in [0, 0.05) is 12.8 Å². The van der Waals surface area contributed by atoms with E-state index in [0.717, 1.165) is 23.6 Å². The van der Waals surface area contributed by atoms with E-state index in [1.807, 2.05) is 31.2 Å². The molecule has 124 valence electrons. The van der Waals surface area contributed by atoms with E-state index in [2.05, 4.69) is 15.5 Å². The molecule has 1 aromatic carbocycles. The minimum Gasteiger partial charge on any atom is -0.494 e. The Morgan fingerprint density at radius 3 is 2.78 bits per heavy atom. The molecular formula is C16H22N4O2S. The van der Waals surface area contributed by atoms with Gasteiger partial charge < -0.3 is 15.8 Å². The van der Waals surface area contributed by atoms with Gasteiger partial charge >= 0.3 is 0 Å². The van der Waals surface area contributed by atoms with Gasteiger partial charge in [-0.2, -0.15) is 0 Å². The molecule has 0 bridgehead atoms. The van der Waals surface area contributed by atoms with E-state index in [1.165, 1.54) is 16.9 Å². The summed E-state index contributed by atoms with van der Waals surface area (Å²) in [5.41, 5.74) is 6.59. The highest BCUT2D eigenvalue weighted by atomic mass is 32.1. The zero-order valence-corrected chi connectivity index (χ0v) is 14.1. The Kier molecular flexibility index (Phi) is 6.96. The number of amides is 1. The smallest absolute Gasteiger partial charge is 0.226 e. The van der Waals surface area contributed by atoms with E-state index in [4.69, 9.17) is 10.5 Å². The maximum absolute atomic E-state index is 11.6. The molecule has 0 saturated carbocycles. The summed E-state index contributed by atoms with van der Waals surface area (Å²) in [6, 6.07) is 7.99. The first-order valence-corrected chi connectivity index (χ1v) is 8.51. The number of hydrogen-bond acceptors (Lipinski definition) is 6. The Bertz CT molecular complexity index is 613. The largest absolute Gasteiger partial charge is 0.494 e. The fraction of sp³-hybridized carbons (Fsp3) is 0.438. The maximum Gasteiger partial charge on any atom is 0.226 e. The van der Waals surface area contributed by atoms with Crippen LogP contribution in [0.1, 0.15) is 29.8 Å². The first kappa shape index (κ1) is 17.4. The zero-order valence-electron chi connectivity index (χ0n) is 13.2. The first-order chi connectivity index (χ1) is 11.2. The molecule has 1 heterocycles. The molecule has 7 heteroatoms. The molecule has 0 saturated heterocycles. The predicted molar refractivity (Wildman–Crippen MR) is 91.8 cm³/mol. The third kappa shape index (κ3) is 6.33. The summed E-state index contributed by atoms with van der Waals surface area (Å²) in [7, 11) is 0. The number of aryl methyl sites for hydroxylation is 2. The summed E-state index contributed by atoms with van der Waals surface area (Å²) in [6.07, 6.45) is 2.72. The average Bonchev–Trinajstić information content (AvgIpc) is 2.98. The summed E-state index contributed by atoms with van der Waals surface area (Å²) < 4.78 is 5.67. The highest BCUT2D eigenvalue weighted by Gasteiger charge is 2.07. The highest BCUT2D eigenvalue weighted by Crippen LogP contribution is 2.17. The number of benzene rings is 1. The fourth-order valence-electron chi connectivity index (χ4n) is 1.90. The van der Waals surface area contributed by atoms with E-state index in [0.29, 0.717) is 31.1 Å². The predicted octanol–water partition coefficient (Wildman–Crippen LogP) is 2.54. The summed E-state index contributed by atoms with van der Waals surface area (Å²) >= 11 is 1.40. The second-order valence-electron chi connectivity index (χ2n) is 5.21. The quantitative estimate of drug-likeness (QED) is 0.688. The molecule has 1 aromatic heterocycles. The first-order valence-electron chi connectivity index (χ1n) is 7.69. The van der Waals surface area contributed by atoms with Crippen LogP contribution in [0.15, 0.2) is 24.3 Å². The van der Waals surface area contributed by atoms with Crippen molar-refractivity contribution < 1.29 is 9.53 Å². The van der Waals surface area contributed by atoms with Gasteiger partial charge in [0.25, 0.3) is 0 Å². The lowest BCUT2D eigenvalue weighted by molar-refractivity contribution is -0.116. The standard InChI is InChI=1S/C16H22N4O2S/c1-12-6-8-13(9-7-12)22-11-3-5-15-19-20-16(23-15)18-14(21)4-2-10-17/h6-9H,2-5,10-11,17H2,1H3,(H,18,20,21). The van der Waals surface area contributed by atoms with Gasteiger partial charge in [0.15, 0.2) is 0 Å². The van der Waals surface area contributed by atoms with E-state index in [9.17, 15) is 4.79 Å². The Morgan fingerprint density at radius 1 is 1.26 bits per heavy atom. The van der Waals surface area contributed by atoms with E-state index >= 15 is 0 Å². The number of rotatable bonds is 9. The number of anilines is 1. The van der Waals surface area contributed by atoms with Crippen molar-refractivity contribution in [1.29, 1.82) is 0 Å². The summed E-state index contributed by atoms with van der Waals surface area (Å²) in [5.74, 6) is 0.807. The Labute approximate surface area is 140 Å². The maximum atomic E-state index is 11.6. The van der Waals surface area contributed by atoms with Gasteiger partial charge in [0.1, 0.15) is 10.8 Å². The van der Waals surface area contributed by atoms with Gasteiger partial charge in [-0.1, -0.05) is 29.0 Å². The number of aromatic nitrogens is 2. The molecule has 23 heavy (non-hydrogen) atoms. The number of nitrogens with zero attached hydrogens (tertiary/aromatic N) is 2. The number of nitrogens with two attached hydrogens (primary N) is 1. The van der Waals surface area contributed by atoms with Crippen LogP contribution in [-0.4, -0.2) is 29.3 Å². The number of hydrogen-bond donors (Lipinski definition) is 2. The van der Waals surface area contributed by atoms with Crippen LogP contribution in [0.4, 0.5) is 5.13 Å². The minimum absolute atomic E-state index is 0.0687. The summed E-state index contributed by atoms with van der Waals surface area (Å²) in [5, 5.41) is 12.2. The van der Waals surface area contributed by atoms with Crippen LogP contribution in [0.3, 0.4) is 0 Å². The molecule has 0 atom stereocenters. The molecule has 0 spiro atoms. The van der Waals surface area contributed by atoms with E-state index in [1.54, 1.807) is 0 Å². The van der Waals surface area contributed by atoms with Crippen LogP contribution < -0.4 is 15.8 Å². The van der Waals surface area contributed by atoms with Crippen LogP contribution in [0.5, 0.6) is 5.75 Å². The molecule has 0 aliphatic heterocycles. The van der Waals surface area contributed by atoms with Gasteiger partial charge in [0.05, 0.1) is 6.61 Å². The van der Waals surface area contributed by atoms with Crippen molar-refractivity contribution in [3.8, 4) is 5.75 Å². The van der Waals surface area contributed by atoms with Crippen LogP contribution in [0, 0.1) is 6.92 Å².